The summed E-state index contributed by atoms with van der Waals surface area (Å²) in [5.74, 6) is 0.850. The van der Waals surface area contributed by atoms with E-state index in [2.05, 4.69) is 29.2 Å². The van der Waals surface area contributed by atoms with Crippen molar-refractivity contribution in [3.05, 3.63) is 95.1 Å². The molecule has 1 N–H and O–H groups in total. The van der Waals surface area contributed by atoms with Crippen molar-refractivity contribution in [2.45, 2.75) is 38.6 Å². The van der Waals surface area contributed by atoms with Gasteiger partial charge in [0.2, 0.25) is 0 Å². The summed E-state index contributed by atoms with van der Waals surface area (Å²) in [7, 11) is 0. The maximum Gasteiger partial charge on any atom is 0.166 e. The zero-order valence-electron chi connectivity index (χ0n) is 18.5. The number of phenols is 1. The minimum absolute atomic E-state index is 0.0448. The van der Waals surface area contributed by atoms with Gasteiger partial charge in [-0.15, -0.1) is 0 Å². The maximum atomic E-state index is 12.4. The highest BCUT2D eigenvalue weighted by Gasteiger charge is 2.15. The second-order valence-electron chi connectivity index (χ2n) is 8.44. The van der Waals surface area contributed by atoms with Crippen molar-refractivity contribution in [3.63, 3.8) is 0 Å². The zero-order chi connectivity index (χ0) is 22.2. The number of carbonyl (C=O) groups excluding carboxylic acids is 1. The first kappa shape index (κ1) is 22.1. The minimum atomic E-state index is -0.0465. The van der Waals surface area contributed by atoms with Crippen molar-refractivity contribution in [3.8, 4) is 11.5 Å². The van der Waals surface area contributed by atoms with E-state index >= 15 is 0 Å². The van der Waals surface area contributed by atoms with E-state index in [-0.39, 0.29) is 11.5 Å². The highest BCUT2D eigenvalue weighted by atomic mass is 16.5. The van der Waals surface area contributed by atoms with E-state index in [0.717, 1.165) is 50.2 Å². The lowest BCUT2D eigenvalue weighted by molar-refractivity contribution is 0.0980. The number of aromatic hydroxyl groups is 1. The van der Waals surface area contributed by atoms with Crippen LogP contribution in [0.3, 0.4) is 0 Å². The normalized spacial score (nSPS) is 13.5. The Morgan fingerprint density at radius 2 is 1.75 bits per heavy atom. The molecular weight excluding hydrogens is 398 g/mol. The van der Waals surface area contributed by atoms with E-state index in [1.807, 2.05) is 24.3 Å². The van der Waals surface area contributed by atoms with Crippen molar-refractivity contribution in [1.82, 2.24) is 4.90 Å². The number of ether oxygens (including phenoxy) is 1. The van der Waals surface area contributed by atoms with Crippen LogP contribution in [0.25, 0.3) is 0 Å². The first-order valence-corrected chi connectivity index (χ1v) is 11.5. The number of nitrogens with zero attached hydrogens (tertiary/aromatic N) is 1. The molecule has 0 aliphatic carbocycles. The van der Waals surface area contributed by atoms with Gasteiger partial charge in [0.25, 0.3) is 0 Å². The molecule has 4 nitrogen and oxygen atoms in total. The van der Waals surface area contributed by atoms with Gasteiger partial charge in [-0.3, -0.25) is 9.69 Å². The Balaban J connectivity index is 1.17. The van der Waals surface area contributed by atoms with Crippen molar-refractivity contribution in [2.24, 2.45) is 0 Å². The van der Waals surface area contributed by atoms with Crippen LogP contribution in [0.1, 0.15) is 46.3 Å². The molecule has 1 aliphatic rings. The number of hydrogen-bond donors (Lipinski definition) is 1. The number of fused-ring (bicyclic) bond motifs is 1. The topological polar surface area (TPSA) is 49.8 Å². The Labute approximate surface area is 190 Å². The number of hydrogen-bond acceptors (Lipinski definition) is 4. The molecule has 0 atom stereocenters. The summed E-state index contributed by atoms with van der Waals surface area (Å²) in [6, 6.07) is 23.4. The van der Waals surface area contributed by atoms with Crippen LogP contribution in [0, 0.1) is 0 Å². The molecule has 3 aromatic carbocycles. The lowest BCUT2D eigenvalue weighted by atomic mass is 10.00. The van der Waals surface area contributed by atoms with Gasteiger partial charge < -0.3 is 9.84 Å². The predicted octanol–water partition coefficient (Wildman–Crippen LogP) is 5.43. The standard InChI is InChI=1S/C28H31NO3/c30-27-13-4-3-12-26(27)28(31)15-14-22-8-7-11-25(20-22)32-19-6-5-17-29-18-16-23-9-1-2-10-24(23)21-29/h1-4,7-13,20,30H,5-6,14-19,21H2. The summed E-state index contributed by atoms with van der Waals surface area (Å²) in [5, 5.41) is 9.85. The summed E-state index contributed by atoms with van der Waals surface area (Å²) in [6.07, 6.45) is 4.28. The molecule has 0 saturated heterocycles. The van der Waals surface area contributed by atoms with Gasteiger partial charge >= 0.3 is 0 Å². The second-order valence-corrected chi connectivity index (χ2v) is 8.44. The summed E-state index contributed by atoms with van der Waals surface area (Å²) >= 11 is 0. The quantitative estimate of drug-likeness (QED) is 0.345. The molecule has 0 spiro atoms. The lowest BCUT2D eigenvalue weighted by Gasteiger charge is -2.28. The van der Waals surface area contributed by atoms with Crippen LogP contribution in [0.15, 0.2) is 72.8 Å². The van der Waals surface area contributed by atoms with Crippen molar-refractivity contribution in [2.75, 3.05) is 19.7 Å². The van der Waals surface area contributed by atoms with Gasteiger partial charge in [0.15, 0.2) is 5.78 Å². The summed E-state index contributed by atoms with van der Waals surface area (Å²) in [4.78, 5) is 14.9. The molecule has 32 heavy (non-hydrogen) atoms. The third kappa shape index (κ3) is 5.98. The fourth-order valence-corrected chi connectivity index (χ4v) is 4.27. The third-order valence-corrected chi connectivity index (χ3v) is 6.09. The Bertz CT molecular complexity index is 1050. The number of para-hydroxylation sites is 1. The molecule has 1 aliphatic heterocycles. The number of aryl methyl sites for hydroxylation is 1. The molecule has 3 aromatic rings. The highest BCUT2D eigenvalue weighted by molar-refractivity contribution is 5.98. The molecule has 0 amide bonds. The van der Waals surface area contributed by atoms with Crippen molar-refractivity contribution >= 4 is 5.78 Å². The summed E-state index contributed by atoms with van der Waals surface area (Å²) < 4.78 is 5.96. The van der Waals surface area contributed by atoms with Crippen molar-refractivity contribution in [1.29, 1.82) is 0 Å². The molecule has 0 unspecified atom stereocenters. The molecule has 0 fully saturated rings. The van der Waals surface area contributed by atoms with Gasteiger partial charge in [-0.2, -0.15) is 0 Å². The highest BCUT2D eigenvalue weighted by Crippen LogP contribution is 2.21. The van der Waals surface area contributed by atoms with Gasteiger partial charge in [-0.25, -0.2) is 0 Å². The van der Waals surface area contributed by atoms with Crippen molar-refractivity contribution < 1.29 is 14.6 Å². The summed E-state index contributed by atoms with van der Waals surface area (Å²) in [5.41, 5.74) is 4.41. The van der Waals surface area contributed by atoms with E-state index in [9.17, 15) is 9.90 Å². The summed E-state index contributed by atoms with van der Waals surface area (Å²) in [6.45, 7) is 3.99. The number of rotatable bonds is 10. The molecule has 4 heteroatoms. The number of unbranched alkanes of at least 4 members (excludes halogenated alkanes) is 1. The van der Waals surface area contributed by atoms with Crippen LogP contribution < -0.4 is 4.74 Å². The van der Waals surface area contributed by atoms with E-state index < -0.39 is 0 Å². The zero-order valence-corrected chi connectivity index (χ0v) is 18.5. The first-order chi connectivity index (χ1) is 15.7. The van der Waals surface area contributed by atoms with E-state index in [1.54, 1.807) is 24.3 Å². The van der Waals surface area contributed by atoms with Crippen LogP contribution in [0.4, 0.5) is 0 Å². The smallest absolute Gasteiger partial charge is 0.166 e. The van der Waals surface area contributed by atoms with Gasteiger partial charge in [0.1, 0.15) is 11.5 Å². The largest absolute Gasteiger partial charge is 0.507 e. The SMILES string of the molecule is O=C(CCc1cccc(OCCCCN2CCc3ccccc3C2)c1)c1ccccc1O. The minimum Gasteiger partial charge on any atom is -0.507 e. The fraction of sp³-hybridized carbons (Fsp3) is 0.321. The van der Waals surface area contributed by atoms with Crippen LogP contribution in [0.2, 0.25) is 0 Å². The molecule has 166 valence electrons. The molecule has 1 heterocycles. The van der Waals surface area contributed by atoms with Crippen LogP contribution in [-0.4, -0.2) is 35.5 Å². The maximum absolute atomic E-state index is 12.4. The monoisotopic (exact) mass is 429 g/mol. The number of phenolic OH excluding ortho intramolecular Hbond substituents is 1. The first-order valence-electron chi connectivity index (χ1n) is 11.5. The Kier molecular flexibility index (Phi) is 7.57. The van der Waals surface area contributed by atoms with Gasteiger partial charge in [-0.1, -0.05) is 48.5 Å². The van der Waals surface area contributed by atoms with Gasteiger partial charge in [0.05, 0.1) is 12.2 Å². The predicted molar refractivity (Wildman–Crippen MR) is 127 cm³/mol. The van der Waals surface area contributed by atoms with E-state index in [0.29, 0.717) is 25.0 Å². The van der Waals surface area contributed by atoms with Crippen LogP contribution >= 0.6 is 0 Å². The molecule has 0 bridgehead atoms. The van der Waals surface area contributed by atoms with Crippen LogP contribution in [-0.2, 0) is 19.4 Å². The average molecular weight is 430 g/mol. The Morgan fingerprint density at radius 1 is 0.938 bits per heavy atom. The van der Waals surface area contributed by atoms with E-state index in [1.165, 1.54) is 11.1 Å². The Morgan fingerprint density at radius 3 is 2.62 bits per heavy atom. The number of benzene rings is 3. The van der Waals surface area contributed by atoms with E-state index in [4.69, 9.17) is 4.74 Å². The molecular formula is C28H31NO3. The lowest BCUT2D eigenvalue weighted by Crippen LogP contribution is -2.31. The second kappa shape index (κ2) is 11.0. The van der Waals surface area contributed by atoms with Gasteiger partial charge in [0, 0.05) is 19.5 Å². The van der Waals surface area contributed by atoms with Gasteiger partial charge in [-0.05, 0) is 73.2 Å². The molecule has 0 radical (unpaired) electrons. The molecule has 0 aromatic heterocycles. The number of Topliss-reactive ketones (excluding diaryl/α,β-unsaturated/α-hetero) is 1. The molecule has 0 saturated carbocycles. The number of ketones is 1. The number of carbonyl (C=O) groups is 1. The van der Waals surface area contributed by atoms with Crippen LogP contribution in [0.5, 0.6) is 11.5 Å². The average Bonchev–Trinajstić information content (AvgIpc) is 2.83. The molecule has 4 rings (SSSR count). The fourth-order valence-electron chi connectivity index (χ4n) is 4.27. The third-order valence-electron chi connectivity index (χ3n) is 6.09. The Hall–Kier alpha value is -3.11.